The molecule has 19 heavy (non-hydrogen) atoms. The van der Waals surface area contributed by atoms with Crippen molar-refractivity contribution < 1.29 is 4.74 Å². The summed E-state index contributed by atoms with van der Waals surface area (Å²) in [6, 6.07) is 3.46. The van der Waals surface area contributed by atoms with Crippen molar-refractivity contribution >= 4 is 5.82 Å². The maximum atomic E-state index is 5.88. The van der Waals surface area contributed by atoms with Crippen LogP contribution in [-0.2, 0) is 11.2 Å². The Bertz CT molecular complexity index is 530. The molecule has 1 N–H and O–H groups in total. The van der Waals surface area contributed by atoms with Crippen molar-refractivity contribution in [1.29, 1.82) is 0 Å². The summed E-state index contributed by atoms with van der Waals surface area (Å²) in [6.45, 7) is 8.65. The lowest BCUT2D eigenvalue weighted by Gasteiger charge is -2.37. The van der Waals surface area contributed by atoms with Gasteiger partial charge in [-0.05, 0) is 38.8 Å². The molecule has 3 aliphatic rings. The highest BCUT2D eigenvalue weighted by Gasteiger charge is 2.39. The number of ether oxygens (including phenoxy) is 1. The molecule has 4 rings (SSSR count). The van der Waals surface area contributed by atoms with Crippen LogP contribution < -0.4 is 10.2 Å². The van der Waals surface area contributed by atoms with E-state index >= 15 is 0 Å². The first-order valence-corrected chi connectivity index (χ1v) is 7.33. The number of nitrogens with one attached hydrogen (secondary N) is 1. The van der Waals surface area contributed by atoms with Gasteiger partial charge in [0.15, 0.2) is 0 Å². The molecule has 0 amide bonds. The topological polar surface area (TPSA) is 37.4 Å². The molecule has 0 saturated carbocycles. The van der Waals surface area contributed by atoms with Crippen molar-refractivity contribution in [2.75, 3.05) is 18.0 Å². The molecule has 0 radical (unpaired) electrons. The van der Waals surface area contributed by atoms with E-state index in [-0.39, 0.29) is 12.2 Å². The summed E-state index contributed by atoms with van der Waals surface area (Å²) in [4.78, 5) is 7.49. The van der Waals surface area contributed by atoms with Gasteiger partial charge in [0.1, 0.15) is 5.82 Å². The smallest absolute Gasteiger partial charge is 0.132 e. The fraction of sp³-hybridized carbons (Fsp3) is 0.667. The van der Waals surface area contributed by atoms with Crippen molar-refractivity contribution in [2.24, 2.45) is 0 Å². The molecule has 3 aliphatic heterocycles. The summed E-state index contributed by atoms with van der Waals surface area (Å²) >= 11 is 0. The predicted octanol–water partition coefficient (Wildman–Crippen LogP) is 1.96. The first-order chi connectivity index (χ1) is 9.15. The highest BCUT2D eigenvalue weighted by molar-refractivity contribution is 5.58. The number of rotatable bonds is 0. The molecule has 1 aromatic rings. The minimum atomic E-state index is 0.132. The molecule has 4 nitrogen and oxygen atoms in total. The Balaban J connectivity index is 1.82. The Morgan fingerprint density at radius 3 is 2.95 bits per heavy atom. The van der Waals surface area contributed by atoms with Gasteiger partial charge in [0.25, 0.3) is 0 Å². The van der Waals surface area contributed by atoms with Crippen LogP contribution >= 0.6 is 0 Å². The summed E-state index contributed by atoms with van der Waals surface area (Å²) in [5.41, 5.74) is 3.85. The quantitative estimate of drug-likeness (QED) is 0.773. The molecular formula is C15H21N3O. The highest BCUT2D eigenvalue weighted by Crippen LogP contribution is 2.42. The van der Waals surface area contributed by atoms with E-state index in [0.717, 1.165) is 25.2 Å². The van der Waals surface area contributed by atoms with Crippen LogP contribution in [0.3, 0.4) is 0 Å². The maximum absolute atomic E-state index is 5.88. The van der Waals surface area contributed by atoms with Crippen LogP contribution in [0.25, 0.3) is 0 Å². The number of piperazine rings is 1. The zero-order chi connectivity index (χ0) is 13.1. The summed E-state index contributed by atoms with van der Waals surface area (Å²) in [6.07, 6.45) is 1.44. The number of aromatic nitrogens is 1. The molecular weight excluding hydrogens is 238 g/mol. The van der Waals surface area contributed by atoms with Gasteiger partial charge in [0.2, 0.25) is 0 Å². The van der Waals surface area contributed by atoms with Gasteiger partial charge in [0, 0.05) is 30.7 Å². The molecule has 1 saturated heterocycles. The van der Waals surface area contributed by atoms with Crippen molar-refractivity contribution in [1.82, 2.24) is 10.3 Å². The Kier molecular flexibility index (Phi) is 2.42. The van der Waals surface area contributed by atoms with E-state index in [1.54, 1.807) is 0 Å². The Hall–Kier alpha value is -1.13. The van der Waals surface area contributed by atoms with E-state index in [2.05, 4.69) is 37.1 Å². The zero-order valence-electron chi connectivity index (χ0n) is 11.8. The molecule has 0 bridgehead atoms. The van der Waals surface area contributed by atoms with E-state index in [9.17, 15) is 0 Å². The molecule has 0 aromatic carbocycles. The van der Waals surface area contributed by atoms with Crippen LogP contribution in [0.4, 0.5) is 5.82 Å². The van der Waals surface area contributed by atoms with Crippen LogP contribution in [0.15, 0.2) is 6.07 Å². The number of anilines is 1. The lowest BCUT2D eigenvalue weighted by Crippen LogP contribution is -2.55. The van der Waals surface area contributed by atoms with Gasteiger partial charge in [0.05, 0.1) is 17.9 Å². The van der Waals surface area contributed by atoms with Crippen molar-refractivity contribution in [3.05, 3.63) is 22.9 Å². The average Bonchev–Trinajstić information content (AvgIpc) is 2.87. The summed E-state index contributed by atoms with van der Waals surface area (Å²) in [7, 11) is 0. The lowest BCUT2D eigenvalue weighted by molar-refractivity contribution is 0.0319. The molecule has 2 unspecified atom stereocenters. The van der Waals surface area contributed by atoms with E-state index < -0.39 is 0 Å². The van der Waals surface area contributed by atoms with Gasteiger partial charge in [-0.3, -0.25) is 0 Å². The van der Waals surface area contributed by atoms with Crippen LogP contribution in [0.1, 0.15) is 49.8 Å². The van der Waals surface area contributed by atoms with E-state index in [1.165, 1.54) is 16.9 Å². The second-order valence-electron chi connectivity index (χ2n) is 6.14. The first kappa shape index (κ1) is 11.7. The number of fused-ring (bicyclic) bond motifs is 4. The highest BCUT2D eigenvalue weighted by atomic mass is 16.5. The fourth-order valence-corrected chi connectivity index (χ4v) is 3.87. The van der Waals surface area contributed by atoms with Gasteiger partial charge in [-0.2, -0.15) is 0 Å². The van der Waals surface area contributed by atoms with E-state index in [0.29, 0.717) is 12.1 Å². The normalized spacial score (nSPS) is 36.1. The summed E-state index contributed by atoms with van der Waals surface area (Å²) < 4.78 is 5.88. The second-order valence-corrected chi connectivity index (χ2v) is 6.14. The second kappa shape index (κ2) is 3.93. The van der Waals surface area contributed by atoms with Crippen molar-refractivity contribution in [3.8, 4) is 0 Å². The molecule has 4 atom stereocenters. The van der Waals surface area contributed by atoms with Gasteiger partial charge in [-0.1, -0.05) is 0 Å². The number of hydrogen-bond donors (Lipinski definition) is 1. The zero-order valence-corrected chi connectivity index (χ0v) is 11.8. The van der Waals surface area contributed by atoms with Crippen LogP contribution in [0.2, 0.25) is 0 Å². The minimum absolute atomic E-state index is 0.132. The standard InChI is InChI=1S/C15H21N3O/c1-8-6-16-7-12-4-11-5-13-9(2)19-10(3)14(13)17-15(11)18(8)12/h5,8-10,12,16H,4,6-7H2,1-3H3/t8-,9?,10?,12-/m1/s1. The average molecular weight is 259 g/mol. The van der Waals surface area contributed by atoms with Crippen LogP contribution in [0, 0.1) is 0 Å². The maximum Gasteiger partial charge on any atom is 0.132 e. The third-order valence-electron chi connectivity index (χ3n) is 4.76. The lowest BCUT2D eigenvalue weighted by atomic mass is 10.0. The third kappa shape index (κ3) is 1.56. The Morgan fingerprint density at radius 1 is 1.26 bits per heavy atom. The number of pyridine rings is 1. The van der Waals surface area contributed by atoms with Crippen LogP contribution in [0.5, 0.6) is 0 Å². The van der Waals surface area contributed by atoms with Crippen molar-refractivity contribution in [2.45, 2.75) is 51.5 Å². The molecule has 0 aliphatic carbocycles. The minimum Gasteiger partial charge on any atom is -0.364 e. The number of hydrogen-bond acceptors (Lipinski definition) is 4. The molecule has 0 spiro atoms. The molecule has 102 valence electrons. The predicted molar refractivity (Wildman–Crippen MR) is 74.5 cm³/mol. The summed E-state index contributed by atoms with van der Waals surface area (Å²) in [5, 5.41) is 3.52. The Morgan fingerprint density at radius 2 is 2.11 bits per heavy atom. The Labute approximate surface area is 114 Å². The van der Waals surface area contributed by atoms with E-state index in [4.69, 9.17) is 9.72 Å². The van der Waals surface area contributed by atoms with E-state index in [1.807, 2.05) is 0 Å². The van der Waals surface area contributed by atoms with Crippen molar-refractivity contribution in [3.63, 3.8) is 0 Å². The SMILES string of the molecule is CC1OC(C)c2nc3c(cc21)C[C@@H]1CNC[C@@H](C)N31. The van der Waals surface area contributed by atoms with Gasteiger partial charge in [-0.25, -0.2) is 4.98 Å². The fourth-order valence-electron chi connectivity index (χ4n) is 3.87. The first-order valence-electron chi connectivity index (χ1n) is 7.33. The third-order valence-corrected chi connectivity index (χ3v) is 4.76. The van der Waals surface area contributed by atoms with Gasteiger partial charge in [-0.15, -0.1) is 0 Å². The van der Waals surface area contributed by atoms with Gasteiger partial charge < -0.3 is 15.0 Å². The van der Waals surface area contributed by atoms with Gasteiger partial charge >= 0.3 is 0 Å². The monoisotopic (exact) mass is 259 g/mol. The summed E-state index contributed by atoms with van der Waals surface area (Å²) in [5.74, 6) is 1.21. The molecule has 1 fully saturated rings. The largest absolute Gasteiger partial charge is 0.364 e. The number of nitrogens with zero attached hydrogens (tertiary/aromatic N) is 2. The molecule has 4 heterocycles. The van der Waals surface area contributed by atoms with Crippen LogP contribution in [-0.4, -0.2) is 30.2 Å². The molecule has 1 aromatic heterocycles. The molecule has 4 heteroatoms.